The summed E-state index contributed by atoms with van der Waals surface area (Å²) in [4.78, 5) is 16.9. The molecule has 7 heteroatoms. The number of ether oxygens (including phenoxy) is 2. The average Bonchev–Trinajstić information content (AvgIpc) is 3.23. The maximum atomic E-state index is 12.5. The molecule has 24 heavy (non-hydrogen) atoms. The van der Waals surface area contributed by atoms with Gasteiger partial charge in [-0.05, 0) is 25.3 Å². The highest BCUT2D eigenvalue weighted by atomic mass is 16.5. The van der Waals surface area contributed by atoms with Gasteiger partial charge in [0.25, 0.3) is 5.91 Å². The van der Waals surface area contributed by atoms with Gasteiger partial charge in [0.05, 0.1) is 25.4 Å². The van der Waals surface area contributed by atoms with E-state index in [9.17, 15) is 4.79 Å². The zero-order chi connectivity index (χ0) is 16.6. The largest absolute Gasteiger partial charge is 0.379 e. The third-order valence-corrected chi connectivity index (χ3v) is 5.65. The van der Waals surface area contributed by atoms with Crippen LogP contribution in [0.1, 0.15) is 29.8 Å². The second kappa shape index (κ2) is 6.46. The first kappa shape index (κ1) is 16.1. The van der Waals surface area contributed by atoms with Crippen molar-refractivity contribution < 1.29 is 14.3 Å². The first-order chi connectivity index (χ1) is 11.7. The highest BCUT2D eigenvalue weighted by Crippen LogP contribution is 2.38. The van der Waals surface area contributed by atoms with Crippen molar-refractivity contribution in [1.29, 1.82) is 0 Å². The van der Waals surface area contributed by atoms with Crippen molar-refractivity contribution in [1.82, 2.24) is 19.6 Å². The number of rotatable bonds is 2. The molecule has 0 bridgehead atoms. The Labute approximate surface area is 142 Å². The molecule has 132 valence electrons. The third kappa shape index (κ3) is 3.08. The van der Waals surface area contributed by atoms with Crippen LogP contribution in [0.3, 0.4) is 0 Å². The molecular weight excluding hydrogens is 308 g/mol. The molecule has 1 aromatic rings. The van der Waals surface area contributed by atoms with Crippen LogP contribution < -0.4 is 0 Å². The molecule has 1 atom stereocenters. The Morgan fingerprint density at radius 3 is 2.67 bits per heavy atom. The van der Waals surface area contributed by atoms with Gasteiger partial charge in [-0.15, -0.1) is 0 Å². The highest BCUT2D eigenvalue weighted by molar-refractivity contribution is 5.92. The summed E-state index contributed by atoms with van der Waals surface area (Å²) in [6, 6.07) is 2.29. The van der Waals surface area contributed by atoms with E-state index in [1.54, 1.807) is 10.7 Å². The van der Waals surface area contributed by atoms with E-state index >= 15 is 0 Å². The van der Waals surface area contributed by atoms with Crippen LogP contribution in [0.2, 0.25) is 0 Å². The van der Waals surface area contributed by atoms with E-state index in [2.05, 4.69) is 10.00 Å². The lowest BCUT2D eigenvalue weighted by Gasteiger charge is -2.39. The number of amides is 1. The van der Waals surface area contributed by atoms with E-state index in [-0.39, 0.29) is 11.5 Å². The van der Waals surface area contributed by atoms with Gasteiger partial charge < -0.3 is 14.4 Å². The van der Waals surface area contributed by atoms with Crippen LogP contribution in [0.5, 0.6) is 0 Å². The molecule has 3 aliphatic rings. The second-order valence-electron chi connectivity index (χ2n) is 7.17. The number of carbonyl (C=O) groups excluding carboxylic acids is 1. The number of nitrogens with zero attached hydrogens (tertiary/aromatic N) is 4. The van der Waals surface area contributed by atoms with E-state index in [0.29, 0.717) is 11.7 Å². The summed E-state index contributed by atoms with van der Waals surface area (Å²) in [6.45, 7) is 6.00. The Morgan fingerprint density at radius 1 is 1.25 bits per heavy atom. The molecule has 0 N–H and O–H groups in total. The van der Waals surface area contributed by atoms with Crippen molar-refractivity contribution in [2.45, 2.75) is 30.9 Å². The summed E-state index contributed by atoms with van der Waals surface area (Å²) in [5, 5.41) is 4.22. The molecule has 0 aromatic carbocycles. The van der Waals surface area contributed by atoms with E-state index in [1.807, 2.05) is 18.1 Å². The number of hydrogen-bond acceptors (Lipinski definition) is 5. The van der Waals surface area contributed by atoms with Crippen LogP contribution in [0, 0.1) is 0 Å². The molecule has 3 fully saturated rings. The fourth-order valence-electron chi connectivity index (χ4n) is 4.15. The van der Waals surface area contributed by atoms with E-state index in [1.165, 1.54) is 0 Å². The first-order valence-corrected chi connectivity index (χ1v) is 8.90. The maximum absolute atomic E-state index is 12.5. The SMILES string of the molecule is Cn1ccc(C(=O)N2CCC3(CC2)C[C@H](N2CCOCC2)CO3)n1. The van der Waals surface area contributed by atoms with E-state index < -0.39 is 0 Å². The standard InChI is InChI=1S/C17H26N4O3/c1-19-5-2-15(18-19)16(22)21-6-3-17(4-7-21)12-14(13-24-17)20-8-10-23-11-9-20/h2,5,14H,3-4,6-13H2,1H3/t14-/m0/s1. The van der Waals surface area contributed by atoms with Crippen LogP contribution in [0.25, 0.3) is 0 Å². The Balaban J connectivity index is 1.33. The molecule has 1 spiro atoms. The zero-order valence-electron chi connectivity index (χ0n) is 14.3. The summed E-state index contributed by atoms with van der Waals surface area (Å²) in [6.07, 6.45) is 4.74. The van der Waals surface area contributed by atoms with Crippen molar-refractivity contribution >= 4 is 5.91 Å². The van der Waals surface area contributed by atoms with Gasteiger partial charge in [-0.2, -0.15) is 5.10 Å². The molecule has 0 aliphatic carbocycles. The molecule has 0 unspecified atom stereocenters. The molecule has 4 heterocycles. The molecule has 4 rings (SSSR count). The summed E-state index contributed by atoms with van der Waals surface area (Å²) < 4.78 is 13.4. The van der Waals surface area contributed by atoms with Crippen molar-refractivity contribution in [3.05, 3.63) is 18.0 Å². The van der Waals surface area contributed by atoms with Crippen molar-refractivity contribution in [3.63, 3.8) is 0 Å². The van der Waals surface area contributed by atoms with E-state index in [0.717, 1.165) is 65.3 Å². The molecular formula is C17H26N4O3. The van der Waals surface area contributed by atoms with Gasteiger partial charge >= 0.3 is 0 Å². The fourth-order valence-corrected chi connectivity index (χ4v) is 4.15. The number of aromatic nitrogens is 2. The minimum absolute atomic E-state index is 0.0353. The van der Waals surface area contributed by atoms with E-state index in [4.69, 9.17) is 9.47 Å². The van der Waals surface area contributed by atoms with Crippen LogP contribution in [-0.4, -0.2) is 83.1 Å². The molecule has 7 nitrogen and oxygen atoms in total. The summed E-state index contributed by atoms with van der Waals surface area (Å²) in [5.41, 5.74) is 0.496. The Hall–Kier alpha value is -1.44. The first-order valence-electron chi connectivity index (χ1n) is 8.90. The van der Waals surface area contributed by atoms with Crippen molar-refractivity contribution in [3.8, 4) is 0 Å². The van der Waals surface area contributed by atoms with Gasteiger partial charge in [-0.3, -0.25) is 14.4 Å². The Bertz CT molecular complexity index is 588. The van der Waals surface area contributed by atoms with Crippen molar-refractivity contribution in [2.24, 2.45) is 7.05 Å². The summed E-state index contributed by atoms with van der Waals surface area (Å²) in [7, 11) is 1.83. The minimum atomic E-state index is -0.0378. The predicted molar refractivity (Wildman–Crippen MR) is 87.8 cm³/mol. The Kier molecular flexibility index (Phi) is 4.32. The molecule has 3 saturated heterocycles. The van der Waals surface area contributed by atoms with Crippen LogP contribution in [0.15, 0.2) is 12.3 Å². The number of likely N-dealkylation sites (tertiary alicyclic amines) is 1. The second-order valence-corrected chi connectivity index (χ2v) is 7.17. The molecule has 1 aromatic heterocycles. The van der Waals surface area contributed by atoms with Crippen LogP contribution >= 0.6 is 0 Å². The summed E-state index contributed by atoms with van der Waals surface area (Å²) >= 11 is 0. The zero-order valence-corrected chi connectivity index (χ0v) is 14.3. The smallest absolute Gasteiger partial charge is 0.274 e. The highest BCUT2D eigenvalue weighted by Gasteiger charge is 2.45. The lowest BCUT2D eigenvalue weighted by molar-refractivity contribution is -0.0401. The predicted octanol–water partition coefficient (Wildman–Crippen LogP) is 0.516. The topological polar surface area (TPSA) is 59.8 Å². The van der Waals surface area contributed by atoms with Crippen LogP contribution in [0.4, 0.5) is 0 Å². The quantitative estimate of drug-likeness (QED) is 0.789. The fraction of sp³-hybridized carbons (Fsp3) is 0.765. The number of aryl methyl sites for hydroxylation is 1. The summed E-state index contributed by atoms with van der Waals surface area (Å²) in [5.74, 6) is 0.0353. The normalized spacial score (nSPS) is 27.7. The Morgan fingerprint density at radius 2 is 2.00 bits per heavy atom. The van der Waals surface area contributed by atoms with Gasteiger partial charge in [0.1, 0.15) is 5.69 Å². The lowest BCUT2D eigenvalue weighted by atomic mass is 9.87. The maximum Gasteiger partial charge on any atom is 0.274 e. The van der Waals surface area contributed by atoms with Crippen molar-refractivity contribution in [2.75, 3.05) is 46.0 Å². The number of piperidine rings is 1. The molecule has 0 saturated carbocycles. The monoisotopic (exact) mass is 334 g/mol. The average molecular weight is 334 g/mol. The van der Waals surface area contributed by atoms with Gasteiger partial charge in [0.2, 0.25) is 0 Å². The molecule has 0 radical (unpaired) electrons. The molecule has 3 aliphatic heterocycles. The van der Waals surface area contributed by atoms with Gasteiger partial charge in [0, 0.05) is 45.5 Å². The van der Waals surface area contributed by atoms with Gasteiger partial charge in [0.15, 0.2) is 0 Å². The van der Waals surface area contributed by atoms with Gasteiger partial charge in [-0.25, -0.2) is 0 Å². The number of hydrogen-bond donors (Lipinski definition) is 0. The number of carbonyl (C=O) groups is 1. The van der Waals surface area contributed by atoms with Gasteiger partial charge in [-0.1, -0.05) is 0 Å². The van der Waals surface area contributed by atoms with Crippen LogP contribution in [-0.2, 0) is 16.5 Å². The third-order valence-electron chi connectivity index (χ3n) is 5.65. The number of morpholine rings is 1. The molecule has 1 amide bonds. The lowest BCUT2D eigenvalue weighted by Crippen LogP contribution is -2.48. The minimum Gasteiger partial charge on any atom is -0.379 e.